The Morgan fingerprint density at radius 1 is 1.22 bits per heavy atom. The fourth-order valence-electron chi connectivity index (χ4n) is 3.02. The predicted octanol–water partition coefficient (Wildman–Crippen LogP) is 2.99. The number of carbonyl (C=O) groups is 1. The van der Waals surface area contributed by atoms with Crippen molar-refractivity contribution in [1.29, 1.82) is 5.26 Å². The summed E-state index contributed by atoms with van der Waals surface area (Å²) in [7, 11) is 1.41. The van der Waals surface area contributed by atoms with E-state index in [9.17, 15) is 14.4 Å². The molecule has 0 aliphatic rings. The van der Waals surface area contributed by atoms with Crippen LogP contribution in [0.3, 0.4) is 0 Å². The van der Waals surface area contributed by atoms with Gasteiger partial charge in [0.05, 0.1) is 30.8 Å². The van der Waals surface area contributed by atoms with Gasteiger partial charge in [0.2, 0.25) is 0 Å². The number of nitrogens with one attached hydrogen (secondary N) is 3. The van der Waals surface area contributed by atoms with Gasteiger partial charge >= 0.3 is 0 Å². The lowest BCUT2D eigenvalue weighted by Crippen LogP contribution is -2.20. The Morgan fingerprint density at radius 3 is 2.78 bits per heavy atom. The predicted molar refractivity (Wildman–Crippen MR) is 115 cm³/mol. The maximum atomic E-state index is 13.2. The summed E-state index contributed by atoms with van der Waals surface area (Å²) in [6, 6.07) is 9.05. The molecule has 0 unspecified atom stereocenters. The first-order chi connectivity index (χ1) is 16.7. The van der Waals surface area contributed by atoms with Crippen LogP contribution in [0.1, 0.15) is 20.0 Å². The highest BCUT2D eigenvalue weighted by molar-refractivity contribution is 6.00. The van der Waals surface area contributed by atoms with Crippen molar-refractivity contribution in [2.75, 3.05) is 24.7 Å². The first-order valence-corrected chi connectivity index (χ1v) is 9.12. The van der Waals surface area contributed by atoms with Crippen molar-refractivity contribution >= 4 is 34.6 Å². The minimum atomic E-state index is -2.72. The zero-order valence-electron chi connectivity index (χ0n) is 19.5. The summed E-state index contributed by atoms with van der Waals surface area (Å²) in [4.78, 5) is 21.0. The number of carbonyl (C=O) groups excluding carboxylic acids is 1. The van der Waals surface area contributed by atoms with Gasteiger partial charge in [0.15, 0.2) is 5.75 Å². The molecule has 0 bridgehead atoms. The molecule has 4 heterocycles. The van der Waals surface area contributed by atoms with Crippen LogP contribution >= 0.6 is 0 Å². The number of nitrogens with zero attached hydrogens (tertiary/aromatic N) is 5. The number of hydrogen-bond acceptors (Lipinski definition) is 8. The van der Waals surface area contributed by atoms with E-state index in [1.807, 2.05) is 11.4 Å². The molecule has 0 radical (unpaired) electrons. The summed E-state index contributed by atoms with van der Waals surface area (Å²) in [5.41, 5.74) is 0.911. The molecule has 0 atom stereocenters. The van der Waals surface area contributed by atoms with E-state index in [1.165, 1.54) is 42.1 Å². The summed E-state index contributed by atoms with van der Waals surface area (Å²) in [6.45, 7) is -2.72. The molecule has 0 aliphatic heterocycles. The summed E-state index contributed by atoms with van der Waals surface area (Å²) in [5.74, 6) is -0.639. The molecule has 160 valence electrons. The van der Waals surface area contributed by atoms with E-state index in [0.29, 0.717) is 17.0 Å². The monoisotopic (exact) mass is 435 g/mol. The largest absolute Gasteiger partial charge is 0.492 e. The molecule has 0 spiro atoms. The number of methoxy groups -OCH3 is 1. The lowest BCUT2D eigenvalue weighted by Gasteiger charge is -2.15. The number of rotatable bonds is 6. The maximum absolute atomic E-state index is 13.2. The highest BCUT2D eigenvalue weighted by atomic mass is 19.1. The zero-order valence-corrected chi connectivity index (χ0v) is 16.5. The topological polar surface area (TPSA) is 129 Å². The van der Waals surface area contributed by atoms with Crippen molar-refractivity contribution in [2.24, 2.45) is 0 Å². The molecule has 0 aromatic carbocycles. The lowest BCUT2D eigenvalue weighted by atomic mass is 10.2. The fraction of sp³-hybridized carbons (Fsp3) is 0.0952. The molecule has 0 saturated heterocycles. The van der Waals surface area contributed by atoms with Gasteiger partial charge in [-0.25, -0.2) is 18.9 Å². The summed E-state index contributed by atoms with van der Waals surface area (Å²) >= 11 is 0. The average Bonchev–Trinajstić information content (AvgIpc) is 3.23. The molecule has 0 fully saturated rings. The second kappa shape index (κ2) is 8.57. The molecule has 32 heavy (non-hydrogen) atoms. The van der Waals surface area contributed by atoms with Gasteiger partial charge in [0.1, 0.15) is 40.4 Å². The second-order valence-corrected chi connectivity index (χ2v) is 6.38. The highest BCUT2D eigenvalue weighted by Crippen LogP contribution is 2.34. The third-order valence-corrected chi connectivity index (χ3v) is 4.45. The van der Waals surface area contributed by atoms with Crippen LogP contribution in [0.2, 0.25) is 0 Å². The second-order valence-electron chi connectivity index (χ2n) is 6.38. The van der Waals surface area contributed by atoms with E-state index in [2.05, 4.69) is 25.7 Å². The number of anilines is 4. The summed E-state index contributed by atoms with van der Waals surface area (Å²) in [5, 5.41) is 21.3. The van der Waals surface area contributed by atoms with Gasteiger partial charge in [-0.1, -0.05) is 0 Å². The smallest absolute Gasteiger partial charge is 0.254 e. The minimum Gasteiger partial charge on any atom is -0.492 e. The molecule has 0 saturated carbocycles. The number of hydrogen-bond donors (Lipinski definition) is 3. The minimum absolute atomic E-state index is 0.0143. The average molecular weight is 435 g/mol. The van der Waals surface area contributed by atoms with Crippen LogP contribution in [0, 0.1) is 17.1 Å². The number of ether oxygens (including phenoxy) is 1. The SMILES string of the molecule is [2H]C([2H])([2H])NC(=O)c1ccc(Nc2ccc(F)cn2)nc1Nc1ccn2ncc(C#N)c2c1OC. The Balaban J connectivity index is 1.78. The normalized spacial score (nSPS) is 12.2. The van der Waals surface area contributed by atoms with E-state index in [1.54, 1.807) is 12.3 Å². The molecular weight excluding hydrogens is 415 g/mol. The van der Waals surface area contributed by atoms with Crippen LogP contribution in [0.25, 0.3) is 5.52 Å². The van der Waals surface area contributed by atoms with Gasteiger partial charge in [0.25, 0.3) is 5.91 Å². The maximum Gasteiger partial charge on any atom is 0.254 e. The lowest BCUT2D eigenvalue weighted by molar-refractivity contribution is 0.0963. The first kappa shape index (κ1) is 17.0. The molecule has 4 aromatic heterocycles. The van der Waals surface area contributed by atoms with Crippen molar-refractivity contribution in [2.45, 2.75) is 0 Å². The van der Waals surface area contributed by atoms with Gasteiger partial charge in [-0.05, 0) is 30.3 Å². The number of aromatic nitrogens is 4. The van der Waals surface area contributed by atoms with Gasteiger partial charge in [-0.3, -0.25) is 4.79 Å². The van der Waals surface area contributed by atoms with Gasteiger partial charge in [0, 0.05) is 17.3 Å². The molecule has 4 rings (SSSR count). The Labute approximate surface area is 185 Å². The zero-order chi connectivity index (χ0) is 25.2. The van der Waals surface area contributed by atoms with Gasteiger partial charge in [-0.15, -0.1) is 0 Å². The van der Waals surface area contributed by atoms with Crippen LogP contribution in [0.4, 0.5) is 27.5 Å². The third-order valence-electron chi connectivity index (χ3n) is 4.45. The quantitative estimate of drug-likeness (QED) is 0.422. The molecule has 11 heteroatoms. The number of pyridine rings is 3. The highest BCUT2D eigenvalue weighted by Gasteiger charge is 2.18. The molecule has 0 aliphatic carbocycles. The van der Waals surface area contributed by atoms with E-state index in [4.69, 9.17) is 8.85 Å². The van der Waals surface area contributed by atoms with Crippen LogP contribution in [-0.2, 0) is 0 Å². The van der Waals surface area contributed by atoms with E-state index < -0.39 is 18.7 Å². The number of fused-ring (bicyclic) bond motifs is 1. The van der Waals surface area contributed by atoms with Crippen molar-refractivity contribution < 1.29 is 18.0 Å². The number of halogens is 1. The molecule has 1 amide bonds. The standard InChI is InChI=1S/C21H17FN8O2/c1-24-21(31)14-4-6-17(28-16-5-3-13(22)11-25-16)29-20(14)27-15-7-8-30-18(19(15)32-2)12(9-23)10-26-30/h3-8,10-11H,1-2H3,(H,24,31)(H2,25,27,28,29)/i1D3. The number of nitriles is 1. The van der Waals surface area contributed by atoms with E-state index >= 15 is 0 Å². The van der Waals surface area contributed by atoms with Gasteiger partial charge < -0.3 is 20.7 Å². The number of amides is 1. The van der Waals surface area contributed by atoms with Crippen LogP contribution in [0.5, 0.6) is 5.75 Å². The van der Waals surface area contributed by atoms with Crippen LogP contribution in [-0.4, -0.2) is 39.6 Å². The first-order valence-electron chi connectivity index (χ1n) is 10.6. The van der Waals surface area contributed by atoms with Crippen molar-refractivity contribution in [3.05, 3.63) is 65.9 Å². The van der Waals surface area contributed by atoms with Gasteiger partial charge in [-0.2, -0.15) is 10.4 Å². The fourth-order valence-corrected chi connectivity index (χ4v) is 3.02. The molecule has 10 nitrogen and oxygen atoms in total. The Bertz CT molecular complexity index is 1450. The molecule has 4 aromatic rings. The molecular formula is C21H17FN8O2. The molecule has 3 N–H and O–H groups in total. The Hall–Kier alpha value is -4.72. The summed E-state index contributed by atoms with van der Waals surface area (Å²) in [6.07, 6.45) is 3.99. The Morgan fingerprint density at radius 2 is 2.06 bits per heavy atom. The van der Waals surface area contributed by atoms with Crippen molar-refractivity contribution in [1.82, 2.24) is 24.9 Å². The van der Waals surface area contributed by atoms with Crippen molar-refractivity contribution in [3.8, 4) is 11.8 Å². The van der Waals surface area contributed by atoms with Crippen molar-refractivity contribution in [3.63, 3.8) is 0 Å². The van der Waals surface area contributed by atoms with E-state index in [0.717, 1.165) is 6.20 Å². The van der Waals surface area contributed by atoms with Crippen LogP contribution in [0.15, 0.2) is 48.9 Å². The van der Waals surface area contributed by atoms with Crippen LogP contribution < -0.4 is 20.7 Å². The van der Waals surface area contributed by atoms with E-state index in [-0.39, 0.29) is 28.5 Å². The Kier molecular flexibility index (Phi) is 4.55. The summed E-state index contributed by atoms with van der Waals surface area (Å²) < 4.78 is 42.2. The third kappa shape index (κ3) is 3.84.